The summed E-state index contributed by atoms with van der Waals surface area (Å²) >= 11 is 1.27. The molecule has 1 aromatic carbocycles. The molecule has 2 aromatic heterocycles. The van der Waals surface area contributed by atoms with E-state index >= 15 is 0 Å². The zero-order chi connectivity index (χ0) is 24.7. The van der Waals surface area contributed by atoms with Gasteiger partial charge in [0.2, 0.25) is 5.96 Å². The van der Waals surface area contributed by atoms with E-state index in [9.17, 15) is 4.79 Å². The predicted molar refractivity (Wildman–Crippen MR) is 143 cm³/mol. The highest BCUT2D eigenvalue weighted by molar-refractivity contribution is 7.13. The number of nitrogen functional groups attached to an aromatic ring is 1. The summed E-state index contributed by atoms with van der Waals surface area (Å²) < 4.78 is 0. The second-order valence-corrected chi connectivity index (χ2v) is 9.47. The van der Waals surface area contributed by atoms with E-state index in [1.54, 1.807) is 12.4 Å². The summed E-state index contributed by atoms with van der Waals surface area (Å²) in [4.78, 5) is 29.3. The van der Waals surface area contributed by atoms with Crippen molar-refractivity contribution >= 4 is 44.9 Å². The highest BCUT2D eigenvalue weighted by Crippen LogP contribution is 2.22. The second-order valence-electron chi connectivity index (χ2n) is 8.58. The Morgan fingerprint density at radius 3 is 2.50 bits per heavy atom. The smallest absolute Gasteiger partial charge is 0.271 e. The van der Waals surface area contributed by atoms with Gasteiger partial charge in [-0.05, 0) is 31.2 Å². The second kappa shape index (κ2) is 11.8. The lowest BCUT2D eigenvalue weighted by Crippen LogP contribution is -2.42. The van der Waals surface area contributed by atoms with Crippen LogP contribution in [0.4, 0.5) is 5.13 Å². The molecule has 0 fully saturated rings. The first-order valence-electron chi connectivity index (χ1n) is 11.8. The van der Waals surface area contributed by atoms with Gasteiger partial charge in [-0.3, -0.25) is 9.79 Å². The van der Waals surface area contributed by atoms with Gasteiger partial charge in [-0.2, -0.15) is 0 Å². The van der Waals surface area contributed by atoms with Crippen LogP contribution < -0.4 is 16.4 Å². The summed E-state index contributed by atoms with van der Waals surface area (Å²) in [6.07, 6.45) is 4.44. The van der Waals surface area contributed by atoms with Crippen LogP contribution in [0.25, 0.3) is 10.9 Å². The number of nitrogens with one attached hydrogen (secondary N) is 3. The number of rotatable bonds is 9. The van der Waals surface area contributed by atoms with E-state index in [1.165, 1.54) is 11.3 Å². The minimum absolute atomic E-state index is 0.00635. The molecule has 9 heteroatoms. The number of aromatic amines is 1. The monoisotopic (exact) mass is 481 g/mol. The number of aliphatic imine (C=N–C) groups is 2. The van der Waals surface area contributed by atoms with Crippen molar-refractivity contribution in [1.82, 2.24) is 20.6 Å². The third kappa shape index (κ3) is 6.22. The molecule has 8 nitrogen and oxygen atoms in total. The molecule has 34 heavy (non-hydrogen) atoms. The maximum Gasteiger partial charge on any atom is 0.271 e. The Labute approximate surface area is 205 Å². The third-order valence-corrected chi connectivity index (χ3v) is 6.50. The predicted octanol–water partition coefficient (Wildman–Crippen LogP) is 4.60. The minimum atomic E-state index is -0.196. The molecule has 182 valence electrons. The van der Waals surface area contributed by atoms with Crippen LogP contribution in [0.5, 0.6) is 0 Å². The van der Waals surface area contributed by atoms with E-state index in [0.29, 0.717) is 16.8 Å². The normalized spacial score (nSPS) is 14.4. The quantitative estimate of drug-likeness (QED) is 0.263. The van der Waals surface area contributed by atoms with Crippen LogP contribution in [-0.2, 0) is 0 Å². The lowest BCUT2D eigenvalue weighted by molar-refractivity contribution is 0.0927. The number of para-hydroxylation sites is 1. The summed E-state index contributed by atoms with van der Waals surface area (Å²) in [6.45, 7) is 8.46. The number of hydrogen-bond acceptors (Lipinski definition) is 5. The third-order valence-electron chi connectivity index (χ3n) is 5.83. The first-order valence-corrected chi connectivity index (χ1v) is 12.6. The largest absolute Gasteiger partial charge is 0.375 e. The number of carbonyl (C=O) groups excluding carboxylic acids is 1. The maximum atomic E-state index is 12.5. The van der Waals surface area contributed by atoms with Gasteiger partial charge in [0.25, 0.3) is 5.91 Å². The summed E-state index contributed by atoms with van der Waals surface area (Å²) in [7, 11) is 1.75. The molecule has 0 saturated carbocycles. The Kier molecular flexibility index (Phi) is 8.81. The van der Waals surface area contributed by atoms with Crippen LogP contribution in [0.1, 0.15) is 63.0 Å². The van der Waals surface area contributed by atoms with Crippen molar-refractivity contribution in [3.8, 4) is 0 Å². The number of thiazole rings is 1. The van der Waals surface area contributed by atoms with Crippen LogP contribution in [-0.4, -0.2) is 46.7 Å². The number of amides is 1. The highest BCUT2D eigenvalue weighted by atomic mass is 32.1. The molecule has 0 aliphatic rings. The lowest BCUT2D eigenvalue weighted by atomic mass is 9.99. The molecule has 1 amide bonds. The highest BCUT2D eigenvalue weighted by Gasteiger charge is 2.20. The van der Waals surface area contributed by atoms with Gasteiger partial charge in [-0.1, -0.05) is 45.9 Å². The van der Waals surface area contributed by atoms with Crippen LogP contribution >= 0.6 is 11.3 Å². The van der Waals surface area contributed by atoms with Gasteiger partial charge in [0, 0.05) is 47.2 Å². The average Bonchev–Trinajstić information content (AvgIpc) is 3.46. The number of nitrogens with zero attached hydrogens (tertiary/aromatic N) is 3. The van der Waals surface area contributed by atoms with Gasteiger partial charge in [0.05, 0.1) is 5.71 Å². The molecule has 0 spiro atoms. The van der Waals surface area contributed by atoms with Gasteiger partial charge in [0.15, 0.2) is 5.13 Å². The molecule has 0 bridgehead atoms. The first kappa shape index (κ1) is 25.4. The first-order chi connectivity index (χ1) is 16.4. The number of anilines is 1. The number of H-pyrrole nitrogens is 1. The van der Waals surface area contributed by atoms with Crippen LogP contribution in [0.15, 0.2) is 45.8 Å². The summed E-state index contributed by atoms with van der Waals surface area (Å²) in [5.74, 6) is 0.610. The van der Waals surface area contributed by atoms with Crippen molar-refractivity contribution in [2.24, 2.45) is 15.9 Å². The standard InChI is InChI=1S/C25H35N7OS/c1-6-16(29-23(33)21-14-34-24(26)31-21)12-17(7-2)30-25(27-5)32-22(15(3)4)19-13-28-20-11-9-8-10-18(19)20/h8-11,13-17,28H,6-7,12H2,1-5H3,(H2,26,31)(H,27,30)(H,29,33). The molecule has 2 unspecified atom stereocenters. The fraction of sp³-hybridized carbons (Fsp3) is 0.440. The number of aromatic nitrogens is 2. The zero-order valence-corrected chi connectivity index (χ0v) is 21.4. The Balaban J connectivity index is 1.74. The molecule has 2 heterocycles. The van der Waals surface area contributed by atoms with Crippen molar-refractivity contribution < 1.29 is 4.79 Å². The summed E-state index contributed by atoms with van der Waals surface area (Å²) in [5, 5.41) is 9.80. The molecule has 0 radical (unpaired) electrons. The van der Waals surface area contributed by atoms with Gasteiger partial charge >= 0.3 is 0 Å². The number of fused-ring (bicyclic) bond motifs is 1. The maximum absolute atomic E-state index is 12.5. The van der Waals surface area contributed by atoms with E-state index in [2.05, 4.69) is 65.4 Å². The van der Waals surface area contributed by atoms with Gasteiger partial charge < -0.3 is 21.4 Å². The lowest BCUT2D eigenvalue weighted by Gasteiger charge is -2.24. The van der Waals surface area contributed by atoms with Gasteiger partial charge in [0.1, 0.15) is 5.69 Å². The van der Waals surface area contributed by atoms with Crippen molar-refractivity contribution in [1.29, 1.82) is 0 Å². The Morgan fingerprint density at radius 1 is 1.18 bits per heavy atom. The minimum Gasteiger partial charge on any atom is -0.375 e. The number of guanidine groups is 1. The Morgan fingerprint density at radius 2 is 1.88 bits per heavy atom. The Hall–Kier alpha value is -3.20. The molecule has 0 saturated heterocycles. The van der Waals surface area contributed by atoms with Gasteiger partial charge in [-0.25, -0.2) is 9.98 Å². The zero-order valence-electron chi connectivity index (χ0n) is 20.6. The van der Waals surface area contributed by atoms with Crippen LogP contribution in [0.3, 0.4) is 0 Å². The van der Waals surface area contributed by atoms with Crippen molar-refractivity contribution in [2.75, 3.05) is 12.8 Å². The molecule has 5 N–H and O–H groups in total. The topological polar surface area (TPSA) is 121 Å². The summed E-state index contributed by atoms with van der Waals surface area (Å²) in [5.41, 5.74) is 9.18. The molecule has 0 aliphatic heterocycles. The Bertz CT molecular complexity index is 1160. The van der Waals surface area contributed by atoms with Gasteiger partial charge in [-0.15, -0.1) is 11.3 Å². The van der Waals surface area contributed by atoms with Crippen molar-refractivity contribution in [3.63, 3.8) is 0 Å². The van der Waals surface area contributed by atoms with E-state index < -0.39 is 0 Å². The molecule has 3 aromatic rings. The number of nitrogens with two attached hydrogens (primary N) is 1. The van der Waals surface area contributed by atoms with E-state index in [1.807, 2.05) is 18.3 Å². The van der Waals surface area contributed by atoms with Crippen molar-refractivity contribution in [2.45, 2.75) is 59.0 Å². The molecule has 3 rings (SSSR count). The van der Waals surface area contributed by atoms with E-state index in [0.717, 1.165) is 41.4 Å². The molecular weight excluding hydrogens is 446 g/mol. The molecular formula is C25H35N7OS. The number of benzene rings is 1. The summed E-state index contributed by atoms with van der Waals surface area (Å²) in [6, 6.07) is 8.33. The fourth-order valence-corrected chi connectivity index (χ4v) is 4.42. The molecule has 0 aliphatic carbocycles. The molecule has 2 atom stereocenters. The fourth-order valence-electron chi connectivity index (χ4n) is 3.88. The van der Waals surface area contributed by atoms with E-state index in [4.69, 9.17) is 10.7 Å². The SMILES string of the molecule is CCC(CC(CC)NC(=NC)N=C(c1c[nH]c2ccccc12)C(C)C)NC(=O)c1csc(N)n1. The number of carbonyl (C=O) groups is 1. The van der Waals surface area contributed by atoms with E-state index in [-0.39, 0.29) is 23.9 Å². The number of hydrogen-bond donors (Lipinski definition) is 4. The van der Waals surface area contributed by atoms with Crippen LogP contribution in [0, 0.1) is 5.92 Å². The van der Waals surface area contributed by atoms with Crippen LogP contribution in [0.2, 0.25) is 0 Å². The average molecular weight is 482 g/mol. The van der Waals surface area contributed by atoms with Crippen molar-refractivity contribution in [3.05, 3.63) is 47.1 Å².